The SMILES string of the molecule is COc1ccc(-n2nccn2)c(C(=O)O)c1OC. The predicted molar refractivity (Wildman–Crippen MR) is 61.4 cm³/mol. The largest absolute Gasteiger partial charge is 0.493 e. The first-order valence-electron chi connectivity index (χ1n) is 5.04. The smallest absolute Gasteiger partial charge is 0.341 e. The second kappa shape index (κ2) is 4.74. The molecule has 0 saturated carbocycles. The molecule has 0 amide bonds. The van der Waals surface area contributed by atoms with E-state index >= 15 is 0 Å². The summed E-state index contributed by atoms with van der Waals surface area (Å²) in [5, 5.41) is 17.1. The third-order valence-electron chi connectivity index (χ3n) is 2.37. The molecule has 1 heterocycles. The van der Waals surface area contributed by atoms with E-state index in [4.69, 9.17) is 9.47 Å². The quantitative estimate of drug-likeness (QED) is 0.869. The Bertz CT molecular complexity index is 566. The molecule has 0 unspecified atom stereocenters. The molecule has 0 saturated heterocycles. The highest BCUT2D eigenvalue weighted by atomic mass is 16.5. The Hall–Kier alpha value is -2.57. The van der Waals surface area contributed by atoms with Crippen LogP contribution in [-0.2, 0) is 0 Å². The first-order chi connectivity index (χ1) is 8.69. The van der Waals surface area contributed by atoms with Crippen LogP contribution < -0.4 is 9.47 Å². The second-order valence-corrected chi connectivity index (χ2v) is 3.32. The number of aromatic nitrogens is 3. The van der Waals surface area contributed by atoms with Gasteiger partial charge < -0.3 is 14.6 Å². The second-order valence-electron chi connectivity index (χ2n) is 3.32. The number of benzene rings is 1. The molecule has 0 radical (unpaired) electrons. The molecule has 1 aromatic heterocycles. The molecule has 2 rings (SSSR count). The molecule has 0 aliphatic carbocycles. The maximum atomic E-state index is 11.4. The molecule has 1 aromatic carbocycles. The van der Waals surface area contributed by atoms with Crippen molar-refractivity contribution in [1.29, 1.82) is 0 Å². The number of aromatic carboxylic acids is 1. The predicted octanol–water partition coefficient (Wildman–Crippen LogP) is 0.983. The molecular formula is C11H11N3O4. The number of rotatable bonds is 4. The van der Waals surface area contributed by atoms with Crippen molar-refractivity contribution in [1.82, 2.24) is 15.0 Å². The van der Waals surface area contributed by atoms with Crippen LogP contribution in [0.4, 0.5) is 0 Å². The maximum Gasteiger partial charge on any atom is 0.341 e. The Balaban J connectivity index is 2.71. The van der Waals surface area contributed by atoms with E-state index in [9.17, 15) is 9.90 Å². The van der Waals surface area contributed by atoms with Gasteiger partial charge in [-0.05, 0) is 12.1 Å². The third kappa shape index (κ3) is 1.86. The normalized spacial score (nSPS) is 10.1. The minimum absolute atomic E-state index is 0.0481. The van der Waals surface area contributed by atoms with E-state index in [1.165, 1.54) is 31.4 Å². The Morgan fingerprint density at radius 2 is 1.89 bits per heavy atom. The number of carboxylic acids is 1. The molecule has 0 fully saturated rings. The lowest BCUT2D eigenvalue weighted by atomic mass is 10.1. The highest BCUT2D eigenvalue weighted by Crippen LogP contribution is 2.34. The van der Waals surface area contributed by atoms with Gasteiger partial charge in [0.1, 0.15) is 11.3 Å². The Kier molecular flexibility index (Phi) is 3.13. The van der Waals surface area contributed by atoms with Gasteiger partial charge in [-0.3, -0.25) is 0 Å². The molecule has 2 aromatic rings. The van der Waals surface area contributed by atoms with Gasteiger partial charge in [-0.25, -0.2) is 4.79 Å². The van der Waals surface area contributed by atoms with Crippen molar-refractivity contribution >= 4 is 5.97 Å². The monoisotopic (exact) mass is 249 g/mol. The summed E-state index contributed by atoms with van der Waals surface area (Å²) in [6, 6.07) is 3.16. The highest BCUT2D eigenvalue weighted by Gasteiger charge is 2.22. The lowest BCUT2D eigenvalue weighted by Crippen LogP contribution is -2.10. The minimum Gasteiger partial charge on any atom is -0.493 e. The Morgan fingerprint density at radius 3 is 2.39 bits per heavy atom. The summed E-state index contributed by atoms with van der Waals surface area (Å²) in [6.07, 6.45) is 2.92. The standard InChI is InChI=1S/C11H11N3O4/c1-17-8-4-3-7(14-12-5-6-13-14)9(11(15)16)10(8)18-2/h3-6H,1-2H3,(H,15,16). The minimum atomic E-state index is -1.14. The van der Waals surface area contributed by atoms with Gasteiger partial charge in [-0.1, -0.05) is 0 Å². The van der Waals surface area contributed by atoms with Crippen LogP contribution in [0.15, 0.2) is 24.5 Å². The summed E-state index contributed by atoms with van der Waals surface area (Å²) in [7, 11) is 2.82. The van der Waals surface area contributed by atoms with Gasteiger partial charge >= 0.3 is 5.97 Å². The first kappa shape index (κ1) is 11.9. The Labute approximate surface area is 103 Å². The summed E-state index contributed by atoms with van der Waals surface area (Å²) in [4.78, 5) is 12.6. The van der Waals surface area contributed by atoms with Crippen LogP contribution in [0.3, 0.4) is 0 Å². The average Bonchev–Trinajstić information content (AvgIpc) is 2.90. The summed E-state index contributed by atoms with van der Waals surface area (Å²) in [5.74, 6) is -0.663. The van der Waals surface area contributed by atoms with E-state index in [2.05, 4.69) is 10.2 Å². The van der Waals surface area contributed by atoms with Gasteiger partial charge in [0.05, 0.1) is 26.6 Å². The third-order valence-corrected chi connectivity index (χ3v) is 2.37. The number of carboxylic acid groups (broad SMARTS) is 1. The maximum absolute atomic E-state index is 11.4. The van der Waals surface area contributed by atoms with Gasteiger partial charge in [0.25, 0.3) is 0 Å². The van der Waals surface area contributed by atoms with Gasteiger partial charge in [0.15, 0.2) is 11.5 Å². The molecule has 0 atom stereocenters. The average molecular weight is 249 g/mol. The van der Waals surface area contributed by atoms with Crippen molar-refractivity contribution in [2.45, 2.75) is 0 Å². The fourth-order valence-electron chi connectivity index (χ4n) is 1.63. The fourth-order valence-corrected chi connectivity index (χ4v) is 1.63. The molecule has 18 heavy (non-hydrogen) atoms. The summed E-state index contributed by atoms with van der Waals surface area (Å²) >= 11 is 0. The van der Waals surface area contributed by atoms with Gasteiger partial charge in [-0.2, -0.15) is 15.0 Å². The zero-order valence-electron chi connectivity index (χ0n) is 9.82. The zero-order chi connectivity index (χ0) is 13.1. The number of ether oxygens (including phenoxy) is 2. The number of hydrogen-bond acceptors (Lipinski definition) is 5. The number of hydrogen-bond donors (Lipinski definition) is 1. The molecule has 0 spiro atoms. The summed E-state index contributed by atoms with van der Waals surface area (Å²) in [5.41, 5.74) is 0.262. The molecule has 0 aliphatic rings. The van der Waals surface area contributed by atoms with Crippen LogP contribution in [-0.4, -0.2) is 40.3 Å². The molecule has 0 aliphatic heterocycles. The Morgan fingerprint density at radius 1 is 1.22 bits per heavy atom. The molecule has 0 bridgehead atoms. The van der Waals surface area contributed by atoms with Gasteiger partial charge in [0, 0.05) is 0 Å². The summed E-state index contributed by atoms with van der Waals surface area (Å²) in [6.45, 7) is 0. The molecule has 94 valence electrons. The van der Waals surface area contributed by atoms with Crippen molar-refractivity contribution in [3.8, 4) is 17.2 Å². The van der Waals surface area contributed by atoms with E-state index in [1.807, 2.05) is 0 Å². The van der Waals surface area contributed by atoms with Gasteiger partial charge in [-0.15, -0.1) is 0 Å². The molecular weight excluding hydrogens is 238 g/mol. The number of methoxy groups -OCH3 is 2. The van der Waals surface area contributed by atoms with Crippen LogP contribution in [0.2, 0.25) is 0 Å². The van der Waals surface area contributed by atoms with Crippen molar-refractivity contribution in [3.05, 3.63) is 30.1 Å². The van der Waals surface area contributed by atoms with Crippen LogP contribution in [0.1, 0.15) is 10.4 Å². The van der Waals surface area contributed by atoms with E-state index in [0.717, 1.165) is 0 Å². The van der Waals surface area contributed by atoms with Crippen molar-refractivity contribution < 1.29 is 19.4 Å². The molecule has 7 heteroatoms. The number of nitrogens with zero attached hydrogens (tertiary/aromatic N) is 3. The van der Waals surface area contributed by atoms with Gasteiger partial charge in [0.2, 0.25) is 0 Å². The number of carbonyl (C=O) groups is 1. The van der Waals surface area contributed by atoms with Crippen molar-refractivity contribution in [2.75, 3.05) is 14.2 Å². The van der Waals surface area contributed by atoms with E-state index in [-0.39, 0.29) is 11.3 Å². The lowest BCUT2D eigenvalue weighted by molar-refractivity contribution is 0.0692. The van der Waals surface area contributed by atoms with Crippen molar-refractivity contribution in [3.63, 3.8) is 0 Å². The fraction of sp³-hybridized carbons (Fsp3) is 0.182. The highest BCUT2D eigenvalue weighted by molar-refractivity contribution is 5.96. The van der Waals surface area contributed by atoms with E-state index < -0.39 is 5.97 Å². The van der Waals surface area contributed by atoms with Crippen LogP contribution in [0.5, 0.6) is 11.5 Å². The van der Waals surface area contributed by atoms with Crippen LogP contribution >= 0.6 is 0 Å². The van der Waals surface area contributed by atoms with Crippen LogP contribution in [0.25, 0.3) is 5.69 Å². The van der Waals surface area contributed by atoms with Crippen molar-refractivity contribution in [2.24, 2.45) is 0 Å². The van der Waals surface area contributed by atoms with E-state index in [0.29, 0.717) is 11.4 Å². The summed E-state index contributed by atoms with van der Waals surface area (Å²) < 4.78 is 10.2. The molecule has 7 nitrogen and oxygen atoms in total. The lowest BCUT2D eigenvalue weighted by Gasteiger charge is -2.13. The molecule has 1 N–H and O–H groups in total. The van der Waals surface area contributed by atoms with Crippen LogP contribution in [0, 0.1) is 0 Å². The van der Waals surface area contributed by atoms with E-state index in [1.54, 1.807) is 12.1 Å². The topological polar surface area (TPSA) is 86.5 Å². The zero-order valence-corrected chi connectivity index (χ0v) is 9.82. The first-order valence-corrected chi connectivity index (χ1v) is 5.04.